The molecule has 7 nitrogen and oxygen atoms in total. The lowest BCUT2D eigenvalue weighted by Crippen LogP contribution is -2.51. The maximum absolute atomic E-state index is 12.1. The summed E-state index contributed by atoms with van der Waals surface area (Å²) < 4.78 is 4.94. The van der Waals surface area contributed by atoms with E-state index in [1.807, 2.05) is 13.8 Å². The van der Waals surface area contributed by atoms with Crippen molar-refractivity contribution in [2.75, 3.05) is 26.9 Å². The van der Waals surface area contributed by atoms with Crippen LogP contribution in [-0.2, 0) is 9.53 Å². The summed E-state index contributed by atoms with van der Waals surface area (Å²) in [5.74, 6) is -1.15. The zero-order valence-electron chi connectivity index (χ0n) is 11.8. The summed E-state index contributed by atoms with van der Waals surface area (Å²) in [6.45, 7) is 4.31. The van der Waals surface area contributed by atoms with Crippen LogP contribution < -0.4 is 5.32 Å². The van der Waals surface area contributed by atoms with Gasteiger partial charge in [0.15, 0.2) is 0 Å². The number of methoxy groups -OCH3 is 1. The number of urea groups is 1. The standard InChI is InChI=1S/C12H24N2O5/c1-4-9(2)14(6-8-19-3)12(18)13-10(5-7-15)11(16)17/h9-10,15H,4-8H2,1-3H3,(H,13,18)(H,16,17)/t9?,10-/m0/s1. The second kappa shape index (κ2) is 9.57. The molecule has 0 heterocycles. The van der Waals surface area contributed by atoms with E-state index in [0.29, 0.717) is 13.2 Å². The van der Waals surface area contributed by atoms with Gasteiger partial charge in [-0.2, -0.15) is 0 Å². The number of carboxylic acids is 1. The third-order valence-corrected chi connectivity index (χ3v) is 2.93. The highest BCUT2D eigenvalue weighted by atomic mass is 16.5. The topological polar surface area (TPSA) is 99.1 Å². The Bertz CT molecular complexity index is 285. The van der Waals surface area contributed by atoms with Crippen LogP contribution in [0.15, 0.2) is 0 Å². The van der Waals surface area contributed by atoms with Gasteiger partial charge in [-0.1, -0.05) is 6.92 Å². The third kappa shape index (κ3) is 6.40. The number of ether oxygens (including phenoxy) is 1. The summed E-state index contributed by atoms with van der Waals surface area (Å²) in [7, 11) is 1.54. The second-order valence-electron chi connectivity index (χ2n) is 4.30. The van der Waals surface area contributed by atoms with Gasteiger partial charge >= 0.3 is 12.0 Å². The summed E-state index contributed by atoms with van der Waals surface area (Å²) in [6.07, 6.45) is 0.745. The number of hydrogen-bond acceptors (Lipinski definition) is 4. The van der Waals surface area contributed by atoms with Crippen LogP contribution in [0.2, 0.25) is 0 Å². The number of aliphatic hydroxyl groups excluding tert-OH is 1. The Morgan fingerprint density at radius 2 is 2.05 bits per heavy atom. The van der Waals surface area contributed by atoms with Gasteiger partial charge < -0.3 is 25.2 Å². The van der Waals surface area contributed by atoms with E-state index >= 15 is 0 Å². The van der Waals surface area contributed by atoms with Crippen LogP contribution in [-0.4, -0.2) is 66.1 Å². The number of hydrogen-bond donors (Lipinski definition) is 3. The number of aliphatic carboxylic acids is 1. The Hall–Kier alpha value is -1.34. The zero-order valence-corrected chi connectivity index (χ0v) is 11.8. The van der Waals surface area contributed by atoms with E-state index < -0.39 is 18.0 Å². The van der Waals surface area contributed by atoms with Crippen molar-refractivity contribution in [3.63, 3.8) is 0 Å². The lowest BCUT2D eigenvalue weighted by atomic mass is 10.2. The number of rotatable bonds is 9. The number of carbonyl (C=O) groups is 2. The van der Waals surface area contributed by atoms with Crippen LogP contribution in [0.5, 0.6) is 0 Å². The van der Waals surface area contributed by atoms with Gasteiger partial charge in [-0.3, -0.25) is 0 Å². The molecule has 0 saturated carbocycles. The average Bonchev–Trinajstić information content (AvgIpc) is 2.38. The van der Waals surface area contributed by atoms with Crippen molar-refractivity contribution in [3.8, 4) is 0 Å². The van der Waals surface area contributed by atoms with Gasteiger partial charge in [0, 0.05) is 32.7 Å². The number of carbonyl (C=O) groups excluding carboxylic acids is 1. The number of nitrogens with zero attached hydrogens (tertiary/aromatic N) is 1. The SMILES string of the molecule is CCC(C)N(CCOC)C(=O)N[C@@H](CCO)C(=O)O. The van der Waals surface area contributed by atoms with E-state index in [1.54, 1.807) is 7.11 Å². The van der Waals surface area contributed by atoms with Crippen LogP contribution >= 0.6 is 0 Å². The first-order valence-corrected chi connectivity index (χ1v) is 6.37. The molecule has 0 aliphatic heterocycles. The molecule has 112 valence electrons. The Morgan fingerprint density at radius 3 is 2.47 bits per heavy atom. The van der Waals surface area contributed by atoms with Gasteiger partial charge in [-0.15, -0.1) is 0 Å². The van der Waals surface area contributed by atoms with Crippen LogP contribution in [0, 0.1) is 0 Å². The molecule has 1 unspecified atom stereocenters. The number of carboxylic acid groups (broad SMARTS) is 1. The second-order valence-corrected chi connectivity index (χ2v) is 4.30. The molecule has 0 fully saturated rings. The first-order chi connectivity index (χ1) is 8.97. The lowest BCUT2D eigenvalue weighted by molar-refractivity contribution is -0.139. The highest BCUT2D eigenvalue weighted by molar-refractivity contribution is 5.82. The lowest BCUT2D eigenvalue weighted by Gasteiger charge is -2.29. The normalized spacial score (nSPS) is 13.7. The van der Waals surface area contributed by atoms with Crippen molar-refractivity contribution >= 4 is 12.0 Å². The zero-order chi connectivity index (χ0) is 14.8. The van der Waals surface area contributed by atoms with Gasteiger partial charge in [0.2, 0.25) is 0 Å². The Kier molecular flexibility index (Phi) is 8.90. The Balaban J connectivity index is 4.63. The van der Waals surface area contributed by atoms with Crippen molar-refractivity contribution in [2.24, 2.45) is 0 Å². The average molecular weight is 276 g/mol. The molecule has 2 amide bonds. The maximum atomic E-state index is 12.1. The van der Waals surface area contributed by atoms with Gasteiger partial charge in [0.05, 0.1) is 6.61 Å². The molecule has 0 spiro atoms. The quantitative estimate of drug-likeness (QED) is 0.561. The van der Waals surface area contributed by atoms with Crippen LogP contribution in [0.4, 0.5) is 4.79 Å². The van der Waals surface area contributed by atoms with Crippen molar-refractivity contribution in [2.45, 2.75) is 38.8 Å². The van der Waals surface area contributed by atoms with Crippen molar-refractivity contribution in [3.05, 3.63) is 0 Å². The van der Waals surface area contributed by atoms with Crippen LogP contribution in [0.25, 0.3) is 0 Å². The minimum absolute atomic E-state index is 0.0142. The molecule has 0 bridgehead atoms. The van der Waals surface area contributed by atoms with E-state index in [9.17, 15) is 9.59 Å². The number of aliphatic hydroxyl groups is 1. The summed E-state index contributed by atoms with van der Waals surface area (Å²) >= 11 is 0. The Labute approximate surface area is 113 Å². The molecule has 19 heavy (non-hydrogen) atoms. The van der Waals surface area contributed by atoms with Gasteiger partial charge in [0.1, 0.15) is 6.04 Å². The van der Waals surface area contributed by atoms with Crippen molar-refractivity contribution in [1.29, 1.82) is 0 Å². The molecular formula is C12H24N2O5. The largest absolute Gasteiger partial charge is 0.480 e. The fourth-order valence-electron chi connectivity index (χ4n) is 1.55. The molecule has 0 saturated heterocycles. The smallest absolute Gasteiger partial charge is 0.326 e. The summed E-state index contributed by atoms with van der Waals surface area (Å²) in [5.41, 5.74) is 0. The molecule has 2 atom stereocenters. The van der Waals surface area contributed by atoms with Crippen molar-refractivity contribution < 1.29 is 24.5 Å². The van der Waals surface area contributed by atoms with Gasteiger partial charge in [-0.25, -0.2) is 9.59 Å². The van der Waals surface area contributed by atoms with Crippen LogP contribution in [0.3, 0.4) is 0 Å². The molecule has 0 rings (SSSR count). The summed E-state index contributed by atoms with van der Waals surface area (Å²) in [6, 6.07) is -1.54. The van der Waals surface area contributed by atoms with Crippen molar-refractivity contribution in [1.82, 2.24) is 10.2 Å². The Morgan fingerprint density at radius 1 is 1.42 bits per heavy atom. The molecule has 7 heteroatoms. The van der Waals surface area contributed by atoms with Crippen LogP contribution in [0.1, 0.15) is 26.7 Å². The van der Waals surface area contributed by atoms with E-state index in [2.05, 4.69) is 5.32 Å². The molecule has 0 aliphatic carbocycles. The number of amides is 2. The van der Waals surface area contributed by atoms with E-state index in [0.717, 1.165) is 6.42 Å². The predicted molar refractivity (Wildman–Crippen MR) is 70.0 cm³/mol. The van der Waals surface area contributed by atoms with Gasteiger partial charge in [-0.05, 0) is 13.3 Å². The fraction of sp³-hybridized carbons (Fsp3) is 0.833. The first-order valence-electron chi connectivity index (χ1n) is 6.37. The predicted octanol–water partition coefficient (Wildman–Crippen LogP) is 0.279. The molecule has 3 N–H and O–H groups in total. The summed E-state index contributed by atoms with van der Waals surface area (Å²) in [4.78, 5) is 24.5. The first kappa shape index (κ1) is 17.7. The van der Waals surface area contributed by atoms with E-state index in [1.165, 1.54) is 4.90 Å². The highest BCUT2D eigenvalue weighted by Crippen LogP contribution is 2.05. The van der Waals surface area contributed by atoms with E-state index in [4.69, 9.17) is 14.9 Å². The molecule has 0 aliphatic rings. The minimum Gasteiger partial charge on any atom is -0.480 e. The summed E-state index contributed by atoms with van der Waals surface area (Å²) in [5, 5.41) is 20.1. The van der Waals surface area contributed by atoms with Gasteiger partial charge in [0.25, 0.3) is 0 Å². The molecule has 0 aromatic heterocycles. The molecule has 0 aromatic rings. The molecule has 0 aromatic carbocycles. The molecule has 0 radical (unpaired) electrons. The molecular weight excluding hydrogens is 252 g/mol. The fourth-order valence-corrected chi connectivity index (χ4v) is 1.55. The monoisotopic (exact) mass is 276 g/mol. The minimum atomic E-state index is -1.15. The van der Waals surface area contributed by atoms with E-state index in [-0.39, 0.29) is 19.1 Å². The highest BCUT2D eigenvalue weighted by Gasteiger charge is 2.24. The number of nitrogens with one attached hydrogen (secondary N) is 1. The third-order valence-electron chi connectivity index (χ3n) is 2.93. The maximum Gasteiger partial charge on any atom is 0.326 e.